The highest BCUT2D eigenvalue weighted by Gasteiger charge is 2.29. The number of nitrogens with two attached hydrogens (primary N) is 1. The average molecular weight is 270 g/mol. The Hall–Kier alpha value is -0.120. The summed E-state index contributed by atoms with van der Waals surface area (Å²) in [6, 6.07) is 0. The Bertz CT molecular complexity index is 248. The summed E-state index contributed by atoms with van der Waals surface area (Å²) >= 11 is 0. The summed E-state index contributed by atoms with van der Waals surface area (Å²) in [5.41, 5.74) is 5.46. The zero-order chi connectivity index (χ0) is 14.5. The fourth-order valence-corrected chi connectivity index (χ4v) is 3.08. The van der Waals surface area contributed by atoms with E-state index < -0.39 is 5.60 Å². The molecule has 1 aliphatic heterocycles. The summed E-state index contributed by atoms with van der Waals surface area (Å²) in [7, 11) is 0. The van der Waals surface area contributed by atoms with Gasteiger partial charge in [0.1, 0.15) is 0 Å². The van der Waals surface area contributed by atoms with Crippen molar-refractivity contribution >= 4 is 0 Å². The number of rotatable bonds is 6. The molecule has 19 heavy (non-hydrogen) atoms. The summed E-state index contributed by atoms with van der Waals surface area (Å²) in [5.74, 6) is 0.861. The molecule has 1 unspecified atom stereocenters. The molecule has 1 atom stereocenters. The SMILES string of the molecule is CCC(O)(CN)CCCN1CCC(C(C)(C)C)CC1. The molecule has 0 aliphatic carbocycles. The van der Waals surface area contributed by atoms with Gasteiger partial charge in [0.15, 0.2) is 0 Å². The van der Waals surface area contributed by atoms with Gasteiger partial charge in [0.05, 0.1) is 5.60 Å². The van der Waals surface area contributed by atoms with E-state index >= 15 is 0 Å². The summed E-state index contributed by atoms with van der Waals surface area (Å²) in [5, 5.41) is 10.2. The number of hydrogen-bond donors (Lipinski definition) is 2. The van der Waals surface area contributed by atoms with Crippen molar-refractivity contribution in [1.82, 2.24) is 4.90 Å². The first-order valence-corrected chi connectivity index (χ1v) is 7.95. The molecule has 3 nitrogen and oxygen atoms in total. The van der Waals surface area contributed by atoms with Gasteiger partial charge in [0, 0.05) is 6.54 Å². The number of hydrogen-bond acceptors (Lipinski definition) is 3. The second-order valence-corrected chi connectivity index (χ2v) is 7.37. The maximum absolute atomic E-state index is 10.2. The summed E-state index contributed by atoms with van der Waals surface area (Å²) in [4.78, 5) is 2.55. The molecule has 0 aromatic carbocycles. The lowest BCUT2D eigenvalue weighted by Crippen LogP contribution is -2.40. The first kappa shape index (κ1) is 16.9. The van der Waals surface area contributed by atoms with Crippen LogP contribution in [0.3, 0.4) is 0 Å². The fourth-order valence-electron chi connectivity index (χ4n) is 3.08. The van der Waals surface area contributed by atoms with Gasteiger partial charge in [-0.15, -0.1) is 0 Å². The quantitative estimate of drug-likeness (QED) is 0.780. The van der Waals surface area contributed by atoms with Gasteiger partial charge in [-0.05, 0) is 63.1 Å². The zero-order valence-electron chi connectivity index (χ0n) is 13.4. The molecule has 114 valence electrons. The molecule has 3 N–H and O–H groups in total. The monoisotopic (exact) mass is 270 g/mol. The lowest BCUT2D eigenvalue weighted by Gasteiger charge is -2.39. The third kappa shape index (κ3) is 5.41. The highest BCUT2D eigenvalue weighted by molar-refractivity contribution is 4.82. The Kier molecular flexibility index (Phi) is 6.28. The lowest BCUT2D eigenvalue weighted by molar-refractivity contribution is 0.0292. The minimum absolute atomic E-state index is 0.385. The molecule has 3 heteroatoms. The molecule has 1 saturated heterocycles. The number of nitrogens with zero attached hydrogens (tertiary/aromatic N) is 1. The molecule has 0 aromatic rings. The molecule has 1 aliphatic rings. The summed E-state index contributed by atoms with van der Waals surface area (Å²) in [6.45, 7) is 13.0. The van der Waals surface area contributed by atoms with Gasteiger partial charge in [-0.1, -0.05) is 27.7 Å². The van der Waals surface area contributed by atoms with Gasteiger partial charge >= 0.3 is 0 Å². The molecule has 1 rings (SSSR count). The van der Waals surface area contributed by atoms with E-state index in [2.05, 4.69) is 25.7 Å². The van der Waals surface area contributed by atoms with Crippen molar-refractivity contribution < 1.29 is 5.11 Å². The van der Waals surface area contributed by atoms with Gasteiger partial charge in [0.25, 0.3) is 0 Å². The van der Waals surface area contributed by atoms with Gasteiger partial charge in [-0.3, -0.25) is 0 Å². The molecule has 0 bridgehead atoms. The molecule has 1 fully saturated rings. The second kappa shape index (κ2) is 7.05. The maximum atomic E-state index is 10.2. The smallest absolute Gasteiger partial charge is 0.0767 e. The van der Waals surface area contributed by atoms with Gasteiger partial charge in [-0.25, -0.2) is 0 Å². The summed E-state index contributed by atoms with van der Waals surface area (Å²) < 4.78 is 0. The Labute approximate surface area is 119 Å². The van der Waals surface area contributed by atoms with Crippen LogP contribution < -0.4 is 5.73 Å². The molecule has 0 spiro atoms. The molecular weight excluding hydrogens is 236 g/mol. The van der Waals surface area contributed by atoms with E-state index in [9.17, 15) is 5.11 Å². The van der Waals surface area contributed by atoms with Gasteiger partial charge < -0.3 is 15.7 Å². The van der Waals surface area contributed by atoms with E-state index in [-0.39, 0.29) is 0 Å². The minimum atomic E-state index is -0.635. The molecule has 0 aromatic heterocycles. The average Bonchev–Trinajstić information content (AvgIpc) is 2.38. The second-order valence-electron chi connectivity index (χ2n) is 7.37. The van der Waals surface area contributed by atoms with Crippen molar-refractivity contribution in [3.05, 3.63) is 0 Å². The topological polar surface area (TPSA) is 49.5 Å². The number of likely N-dealkylation sites (tertiary alicyclic amines) is 1. The van der Waals surface area contributed by atoms with Gasteiger partial charge in [0.2, 0.25) is 0 Å². The van der Waals surface area contributed by atoms with E-state index in [0.717, 1.165) is 31.7 Å². The van der Waals surface area contributed by atoms with Crippen LogP contribution in [0.4, 0.5) is 0 Å². The highest BCUT2D eigenvalue weighted by Crippen LogP contribution is 2.34. The van der Waals surface area contributed by atoms with Crippen molar-refractivity contribution in [3.8, 4) is 0 Å². The van der Waals surface area contributed by atoms with Crippen LogP contribution in [0.1, 0.15) is 59.8 Å². The van der Waals surface area contributed by atoms with Crippen LogP contribution in [0.15, 0.2) is 0 Å². The van der Waals surface area contributed by atoms with Crippen LogP contribution in [-0.2, 0) is 0 Å². The first-order valence-electron chi connectivity index (χ1n) is 7.95. The Morgan fingerprint density at radius 2 is 1.79 bits per heavy atom. The Balaban J connectivity index is 2.23. The third-order valence-electron chi connectivity index (χ3n) is 4.97. The standard InChI is InChI=1S/C16H34N2O/c1-5-16(19,13-17)9-6-10-18-11-7-14(8-12-18)15(2,3)4/h14,19H,5-13,17H2,1-4H3. The van der Waals surface area contributed by atoms with Crippen LogP contribution in [-0.4, -0.2) is 41.8 Å². The highest BCUT2D eigenvalue weighted by atomic mass is 16.3. The predicted octanol–water partition coefficient (Wildman–Crippen LogP) is 2.62. The van der Waals surface area contributed by atoms with Crippen LogP contribution in [0, 0.1) is 11.3 Å². The van der Waals surface area contributed by atoms with E-state index in [1.54, 1.807) is 0 Å². The van der Waals surface area contributed by atoms with Crippen LogP contribution >= 0.6 is 0 Å². The van der Waals surface area contributed by atoms with Crippen molar-refractivity contribution in [1.29, 1.82) is 0 Å². The van der Waals surface area contributed by atoms with E-state index in [1.807, 2.05) is 6.92 Å². The normalized spacial score (nSPS) is 22.4. The predicted molar refractivity (Wildman–Crippen MR) is 82.1 cm³/mol. The van der Waals surface area contributed by atoms with E-state index in [0.29, 0.717) is 12.0 Å². The largest absolute Gasteiger partial charge is 0.389 e. The third-order valence-corrected chi connectivity index (χ3v) is 4.97. The number of piperidine rings is 1. The minimum Gasteiger partial charge on any atom is -0.389 e. The first-order chi connectivity index (χ1) is 8.80. The maximum Gasteiger partial charge on any atom is 0.0767 e. The van der Waals surface area contributed by atoms with Crippen LogP contribution in [0.5, 0.6) is 0 Å². The number of aliphatic hydroxyl groups is 1. The lowest BCUT2D eigenvalue weighted by atomic mass is 9.75. The molecule has 0 radical (unpaired) electrons. The van der Waals surface area contributed by atoms with E-state index in [1.165, 1.54) is 25.9 Å². The molecular formula is C16H34N2O. The molecule has 0 saturated carbocycles. The van der Waals surface area contributed by atoms with Crippen molar-refractivity contribution in [2.24, 2.45) is 17.1 Å². The Morgan fingerprint density at radius 1 is 1.21 bits per heavy atom. The van der Waals surface area contributed by atoms with Crippen LogP contribution in [0.2, 0.25) is 0 Å². The van der Waals surface area contributed by atoms with Crippen LogP contribution in [0.25, 0.3) is 0 Å². The molecule has 0 amide bonds. The van der Waals surface area contributed by atoms with Crippen molar-refractivity contribution in [2.45, 2.75) is 65.4 Å². The summed E-state index contributed by atoms with van der Waals surface area (Å²) in [6.07, 6.45) is 5.29. The van der Waals surface area contributed by atoms with Crippen molar-refractivity contribution in [2.75, 3.05) is 26.2 Å². The zero-order valence-corrected chi connectivity index (χ0v) is 13.4. The Morgan fingerprint density at radius 3 is 2.21 bits per heavy atom. The van der Waals surface area contributed by atoms with Gasteiger partial charge in [-0.2, -0.15) is 0 Å². The van der Waals surface area contributed by atoms with E-state index in [4.69, 9.17) is 5.73 Å². The molecule has 1 heterocycles. The fraction of sp³-hybridized carbons (Fsp3) is 1.00. The van der Waals surface area contributed by atoms with Crippen molar-refractivity contribution in [3.63, 3.8) is 0 Å².